The first kappa shape index (κ1) is 13.4. The van der Waals surface area contributed by atoms with Crippen molar-refractivity contribution in [3.05, 3.63) is 12.7 Å². The highest BCUT2D eigenvalue weighted by molar-refractivity contribution is 8.11. The maximum absolute atomic E-state index is 11.0. The van der Waals surface area contributed by atoms with Gasteiger partial charge < -0.3 is 0 Å². The molecule has 0 aromatic rings. The molecule has 80 valence electrons. The SMILES string of the molecule is C=CC(C(=O)NNC(=S)S)S(=O)(=O)O. The minimum Gasteiger partial charge on any atom is -0.285 e. The first-order valence-electron chi connectivity index (χ1n) is 3.16. The summed E-state index contributed by atoms with van der Waals surface area (Å²) in [5, 5.41) is -1.74. The molecule has 1 atom stereocenters. The van der Waals surface area contributed by atoms with Gasteiger partial charge in [-0.25, -0.2) is 0 Å². The van der Waals surface area contributed by atoms with E-state index in [2.05, 4.69) is 36.9 Å². The Kier molecular flexibility index (Phi) is 5.05. The lowest BCUT2D eigenvalue weighted by atomic mass is 10.4. The topological polar surface area (TPSA) is 95.5 Å². The van der Waals surface area contributed by atoms with Gasteiger partial charge in [0.25, 0.3) is 16.0 Å². The van der Waals surface area contributed by atoms with Crippen molar-refractivity contribution in [3.63, 3.8) is 0 Å². The highest BCUT2D eigenvalue weighted by Crippen LogP contribution is 1.99. The number of rotatable bonds is 3. The summed E-state index contributed by atoms with van der Waals surface area (Å²) in [4.78, 5) is 11.0. The number of nitrogens with one attached hydrogen (secondary N) is 2. The molecule has 0 bridgehead atoms. The second-order valence-corrected chi connectivity index (χ2v) is 4.79. The zero-order valence-corrected chi connectivity index (χ0v) is 9.32. The van der Waals surface area contributed by atoms with E-state index in [1.165, 1.54) is 0 Å². The van der Waals surface area contributed by atoms with E-state index in [9.17, 15) is 13.2 Å². The van der Waals surface area contributed by atoms with Crippen LogP contribution < -0.4 is 10.9 Å². The Balaban J connectivity index is 4.50. The third-order valence-electron chi connectivity index (χ3n) is 1.09. The van der Waals surface area contributed by atoms with Crippen molar-refractivity contribution in [2.24, 2.45) is 0 Å². The summed E-state index contributed by atoms with van der Waals surface area (Å²) < 4.78 is 29.7. The van der Waals surface area contributed by atoms with Crippen LogP contribution in [-0.4, -0.2) is 28.4 Å². The lowest BCUT2D eigenvalue weighted by Gasteiger charge is -2.10. The third-order valence-corrected chi connectivity index (χ3v) is 2.35. The van der Waals surface area contributed by atoms with Crippen LogP contribution in [0.2, 0.25) is 0 Å². The second-order valence-electron chi connectivity index (χ2n) is 2.09. The first-order valence-corrected chi connectivity index (χ1v) is 5.52. The molecule has 1 amide bonds. The van der Waals surface area contributed by atoms with Crippen molar-refractivity contribution in [2.45, 2.75) is 5.25 Å². The Morgan fingerprint density at radius 2 is 2.07 bits per heavy atom. The van der Waals surface area contributed by atoms with Crippen molar-refractivity contribution >= 4 is 45.2 Å². The molecule has 0 aliphatic rings. The number of hydrogen-bond donors (Lipinski definition) is 4. The summed E-state index contributed by atoms with van der Waals surface area (Å²) >= 11 is 8.04. The van der Waals surface area contributed by atoms with Crippen LogP contribution in [0.1, 0.15) is 0 Å². The van der Waals surface area contributed by atoms with Gasteiger partial charge in [0.2, 0.25) is 0 Å². The van der Waals surface area contributed by atoms with E-state index in [0.717, 1.165) is 6.08 Å². The Morgan fingerprint density at radius 3 is 2.36 bits per heavy atom. The molecule has 0 saturated heterocycles. The predicted octanol–water partition coefficient (Wildman–Crippen LogP) is -0.736. The molecule has 0 aromatic heterocycles. The number of thiocarbonyl (C=S) groups is 1. The number of amides is 1. The van der Waals surface area contributed by atoms with E-state index in [1.807, 2.05) is 5.43 Å². The quantitative estimate of drug-likeness (QED) is 0.175. The zero-order chi connectivity index (χ0) is 11.4. The van der Waals surface area contributed by atoms with E-state index in [-0.39, 0.29) is 4.32 Å². The van der Waals surface area contributed by atoms with Gasteiger partial charge in [0.15, 0.2) is 5.25 Å². The molecule has 0 aliphatic carbocycles. The Morgan fingerprint density at radius 1 is 1.57 bits per heavy atom. The summed E-state index contributed by atoms with van der Waals surface area (Å²) in [5.41, 5.74) is 4.03. The van der Waals surface area contributed by atoms with Crippen LogP contribution >= 0.6 is 24.8 Å². The van der Waals surface area contributed by atoms with Crippen molar-refractivity contribution in [1.82, 2.24) is 10.9 Å². The summed E-state index contributed by atoms with van der Waals surface area (Å²) in [7, 11) is -4.50. The maximum Gasteiger partial charge on any atom is 0.280 e. The van der Waals surface area contributed by atoms with Crippen molar-refractivity contribution in [1.29, 1.82) is 0 Å². The molecule has 0 heterocycles. The molecular formula is C5H8N2O4S3. The average molecular weight is 256 g/mol. The molecule has 0 spiro atoms. The summed E-state index contributed by atoms with van der Waals surface area (Å²) in [6, 6.07) is 0. The fraction of sp³-hybridized carbons (Fsp3) is 0.200. The summed E-state index contributed by atoms with van der Waals surface area (Å²) in [6.45, 7) is 3.10. The minimum absolute atomic E-state index is 0.0449. The van der Waals surface area contributed by atoms with Crippen molar-refractivity contribution in [3.8, 4) is 0 Å². The van der Waals surface area contributed by atoms with Gasteiger partial charge in [0, 0.05) is 0 Å². The average Bonchev–Trinajstić information content (AvgIpc) is 1.99. The number of carbonyl (C=O) groups is 1. The molecule has 0 saturated carbocycles. The number of carbonyl (C=O) groups excluding carboxylic acids is 1. The van der Waals surface area contributed by atoms with Crippen LogP contribution in [0, 0.1) is 0 Å². The van der Waals surface area contributed by atoms with Gasteiger partial charge in [-0.1, -0.05) is 18.3 Å². The fourth-order valence-corrected chi connectivity index (χ4v) is 1.23. The molecule has 14 heavy (non-hydrogen) atoms. The van der Waals surface area contributed by atoms with Gasteiger partial charge in [0.1, 0.15) is 4.32 Å². The van der Waals surface area contributed by atoms with Crippen LogP contribution in [-0.2, 0) is 14.9 Å². The van der Waals surface area contributed by atoms with Gasteiger partial charge in [-0.15, -0.1) is 19.2 Å². The van der Waals surface area contributed by atoms with Gasteiger partial charge in [-0.2, -0.15) is 8.42 Å². The first-order chi connectivity index (χ1) is 6.29. The summed E-state index contributed by atoms with van der Waals surface area (Å²) in [6.07, 6.45) is 0.786. The fourth-order valence-electron chi connectivity index (χ4n) is 0.550. The molecule has 0 aromatic carbocycles. The van der Waals surface area contributed by atoms with Crippen molar-refractivity contribution in [2.75, 3.05) is 0 Å². The molecule has 1 unspecified atom stereocenters. The van der Waals surface area contributed by atoms with E-state index in [0.29, 0.717) is 0 Å². The highest BCUT2D eigenvalue weighted by atomic mass is 32.2. The van der Waals surface area contributed by atoms with Crippen molar-refractivity contribution < 1.29 is 17.8 Å². The Bertz CT molecular complexity index is 350. The van der Waals surface area contributed by atoms with E-state index in [1.54, 1.807) is 0 Å². The minimum atomic E-state index is -4.50. The monoisotopic (exact) mass is 256 g/mol. The van der Waals surface area contributed by atoms with Gasteiger partial charge in [-0.05, 0) is 0 Å². The van der Waals surface area contributed by atoms with E-state index in [4.69, 9.17) is 4.55 Å². The lowest BCUT2D eigenvalue weighted by Crippen LogP contribution is -2.46. The lowest BCUT2D eigenvalue weighted by molar-refractivity contribution is -0.120. The van der Waals surface area contributed by atoms with Crippen LogP contribution in [0.15, 0.2) is 12.7 Å². The number of hydrogen-bond acceptors (Lipinski definition) is 4. The number of thiol groups is 1. The molecule has 0 rings (SSSR count). The van der Waals surface area contributed by atoms with Gasteiger partial charge in [-0.3, -0.25) is 20.2 Å². The van der Waals surface area contributed by atoms with E-state index >= 15 is 0 Å². The van der Waals surface area contributed by atoms with Crippen LogP contribution in [0.5, 0.6) is 0 Å². The Hall–Kier alpha value is -0.640. The normalized spacial score (nSPS) is 12.7. The maximum atomic E-state index is 11.0. The van der Waals surface area contributed by atoms with Crippen LogP contribution in [0.3, 0.4) is 0 Å². The standard InChI is InChI=1S/C5H8N2O4S3/c1-2-3(14(9,10)11)4(8)6-7-5(12)13/h2-3H,1H2,(H,6,8)(H2,7,12,13)(H,9,10,11). The largest absolute Gasteiger partial charge is 0.285 e. The number of hydrazine groups is 1. The van der Waals surface area contributed by atoms with Gasteiger partial charge in [0.05, 0.1) is 0 Å². The molecule has 0 radical (unpaired) electrons. The van der Waals surface area contributed by atoms with Gasteiger partial charge >= 0.3 is 0 Å². The smallest absolute Gasteiger partial charge is 0.280 e. The second kappa shape index (κ2) is 5.29. The molecule has 0 aliphatic heterocycles. The Labute approximate surface area is 91.9 Å². The molecule has 9 heteroatoms. The van der Waals surface area contributed by atoms with E-state index < -0.39 is 21.3 Å². The summed E-state index contributed by atoms with van der Waals surface area (Å²) in [5.74, 6) is -1.00. The third kappa shape index (κ3) is 4.56. The molecule has 6 nitrogen and oxygen atoms in total. The molecule has 0 fully saturated rings. The molecule has 3 N–H and O–H groups in total. The zero-order valence-electron chi connectivity index (χ0n) is 6.80. The highest BCUT2D eigenvalue weighted by Gasteiger charge is 2.27. The van der Waals surface area contributed by atoms with Crippen LogP contribution in [0.25, 0.3) is 0 Å². The molecular weight excluding hydrogens is 248 g/mol. The predicted molar refractivity (Wildman–Crippen MR) is 58.4 cm³/mol. The van der Waals surface area contributed by atoms with Crippen LogP contribution in [0.4, 0.5) is 0 Å².